The first-order valence-corrected chi connectivity index (χ1v) is 4.63. The van der Waals surface area contributed by atoms with Gasteiger partial charge in [-0.25, -0.2) is 0 Å². The van der Waals surface area contributed by atoms with Crippen molar-refractivity contribution in [2.75, 3.05) is 0 Å². The lowest BCUT2D eigenvalue weighted by Gasteiger charge is -2.43. The van der Waals surface area contributed by atoms with E-state index in [1.54, 1.807) is 0 Å². The first kappa shape index (κ1) is 6.69. The second-order valence-corrected chi connectivity index (χ2v) is 4.84. The van der Waals surface area contributed by atoms with Crippen molar-refractivity contribution in [3.8, 4) is 0 Å². The molecule has 0 bridgehead atoms. The maximum Gasteiger partial charge on any atom is -0.0292 e. The molecule has 0 saturated heterocycles. The molecule has 0 nitrogen and oxygen atoms in total. The summed E-state index contributed by atoms with van der Waals surface area (Å²) in [6.07, 6.45) is 4.52. The summed E-state index contributed by atoms with van der Waals surface area (Å²) in [4.78, 5) is 0. The van der Waals surface area contributed by atoms with Crippen molar-refractivity contribution in [3.05, 3.63) is 0 Å². The van der Waals surface area contributed by atoms with Crippen LogP contribution >= 0.6 is 0 Å². The average molecular weight is 138 g/mol. The zero-order chi connectivity index (χ0) is 7.35. The summed E-state index contributed by atoms with van der Waals surface area (Å²) in [5, 5.41) is 0. The summed E-state index contributed by atoms with van der Waals surface area (Å²) in [7, 11) is 0. The van der Waals surface area contributed by atoms with Gasteiger partial charge in [-0.1, -0.05) is 20.8 Å². The number of hydrogen-bond acceptors (Lipinski definition) is 0. The Morgan fingerprint density at radius 3 is 2.20 bits per heavy atom. The highest BCUT2D eigenvalue weighted by atomic mass is 14.6. The normalized spacial score (nSPS) is 59.7. The molecule has 4 atom stereocenters. The molecule has 2 fully saturated rings. The van der Waals surface area contributed by atoms with Gasteiger partial charge in [0.15, 0.2) is 0 Å². The Balaban J connectivity index is 2.17. The highest BCUT2D eigenvalue weighted by Crippen LogP contribution is 2.61. The SMILES string of the molecule is CC1CC2(C)CCC2C1C. The molecule has 0 aromatic carbocycles. The number of rotatable bonds is 0. The lowest BCUT2D eigenvalue weighted by Crippen LogP contribution is -2.34. The van der Waals surface area contributed by atoms with Crippen molar-refractivity contribution >= 4 is 0 Å². The van der Waals surface area contributed by atoms with Crippen LogP contribution in [0.2, 0.25) is 0 Å². The van der Waals surface area contributed by atoms with E-state index < -0.39 is 0 Å². The zero-order valence-corrected chi connectivity index (χ0v) is 7.35. The Bertz CT molecular complexity index is 150. The molecule has 2 aliphatic rings. The summed E-state index contributed by atoms with van der Waals surface area (Å²) in [6.45, 7) is 7.36. The van der Waals surface area contributed by atoms with E-state index in [9.17, 15) is 0 Å². The number of fused-ring (bicyclic) bond motifs is 1. The van der Waals surface area contributed by atoms with Crippen LogP contribution in [0.3, 0.4) is 0 Å². The van der Waals surface area contributed by atoms with Crippen molar-refractivity contribution in [2.24, 2.45) is 23.2 Å². The molecule has 0 N–H and O–H groups in total. The van der Waals surface area contributed by atoms with Crippen LogP contribution in [0.4, 0.5) is 0 Å². The van der Waals surface area contributed by atoms with Crippen molar-refractivity contribution in [3.63, 3.8) is 0 Å². The predicted octanol–water partition coefficient (Wildman–Crippen LogP) is 3.08. The van der Waals surface area contributed by atoms with Crippen molar-refractivity contribution in [1.29, 1.82) is 0 Å². The monoisotopic (exact) mass is 138 g/mol. The molecular formula is C10H18. The molecule has 0 heterocycles. The van der Waals surface area contributed by atoms with Gasteiger partial charge in [-0.2, -0.15) is 0 Å². The van der Waals surface area contributed by atoms with E-state index >= 15 is 0 Å². The van der Waals surface area contributed by atoms with E-state index in [-0.39, 0.29) is 0 Å². The fourth-order valence-electron chi connectivity index (χ4n) is 3.27. The molecule has 0 aromatic rings. The Morgan fingerprint density at radius 2 is 2.00 bits per heavy atom. The van der Waals surface area contributed by atoms with Gasteiger partial charge in [0.25, 0.3) is 0 Å². The van der Waals surface area contributed by atoms with E-state index in [4.69, 9.17) is 0 Å². The van der Waals surface area contributed by atoms with Crippen LogP contribution in [0, 0.1) is 23.2 Å². The molecule has 4 unspecified atom stereocenters. The van der Waals surface area contributed by atoms with Gasteiger partial charge >= 0.3 is 0 Å². The second-order valence-electron chi connectivity index (χ2n) is 4.84. The average Bonchev–Trinajstić information content (AvgIpc) is 1.95. The minimum absolute atomic E-state index is 0.777. The molecule has 0 aromatic heterocycles. The van der Waals surface area contributed by atoms with E-state index in [1.807, 2.05) is 0 Å². The van der Waals surface area contributed by atoms with Gasteiger partial charge in [0.1, 0.15) is 0 Å². The van der Waals surface area contributed by atoms with Gasteiger partial charge in [0, 0.05) is 0 Å². The van der Waals surface area contributed by atoms with Gasteiger partial charge in [-0.3, -0.25) is 0 Å². The van der Waals surface area contributed by atoms with Gasteiger partial charge in [-0.15, -0.1) is 0 Å². The maximum absolute atomic E-state index is 2.49. The van der Waals surface area contributed by atoms with E-state index in [0.717, 1.165) is 23.2 Å². The highest BCUT2D eigenvalue weighted by Gasteiger charge is 2.52. The lowest BCUT2D eigenvalue weighted by atomic mass is 9.62. The Labute approximate surface area is 64.0 Å². The summed E-state index contributed by atoms with van der Waals surface area (Å²) in [5.41, 5.74) is 0.777. The van der Waals surface area contributed by atoms with Crippen LogP contribution in [-0.4, -0.2) is 0 Å². The maximum atomic E-state index is 2.49. The molecule has 0 radical (unpaired) electrons. The van der Waals surface area contributed by atoms with Crippen LogP contribution < -0.4 is 0 Å². The lowest BCUT2D eigenvalue weighted by molar-refractivity contribution is 0.0643. The quantitative estimate of drug-likeness (QED) is 0.482. The van der Waals surface area contributed by atoms with Crippen LogP contribution in [-0.2, 0) is 0 Å². The largest absolute Gasteiger partial charge is 0.0622 e. The van der Waals surface area contributed by atoms with Gasteiger partial charge < -0.3 is 0 Å². The fraction of sp³-hybridized carbons (Fsp3) is 1.00. The molecule has 0 amide bonds. The van der Waals surface area contributed by atoms with Crippen molar-refractivity contribution in [2.45, 2.75) is 40.0 Å². The third kappa shape index (κ3) is 0.627. The van der Waals surface area contributed by atoms with Crippen LogP contribution in [0.1, 0.15) is 40.0 Å². The summed E-state index contributed by atoms with van der Waals surface area (Å²) < 4.78 is 0. The van der Waals surface area contributed by atoms with E-state index in [1.165, 1.54) is 19.3 Å². The molecule has 10 heavy (non-hydrogen) atoms. The molecule has 0 heteroatoms. The number of hydrogen-bond donors (Lipinski definition) is 0. The van der Waals surface area contributed by atoms with E-state index in [0.29, 0.717) is 0 Å². The molecule has 2 saturated carbocycles. The zero-order valence-electron chi connectivity index (χ0n) is 7.35. The minimum Gasteiger partial charge on any atom is -0.0622 e. The predicted molar refractivity (Wildman–Crippen MR) is 43.8 cm³/mol. The molecule has 2 rings (SSSR count). The van der Waals surface area contributed by atoms with Gasteiger partial charge in [-0.05, 0) is 42.4 Å². The summed E-state index contributed by atoms with van der Waals surface area (Å²) in [6, 6.07) is 0. The van der Waals surface area contributed by atoms with Crippen LogP contribution in [0.5, 0.6) is 0 Å². The van der Waals surface area contributed by atoms with Crippen molar-refractivity contribution in [1.82, 2.24) is 0 Å². The third-order valence-corrected chi connectivity index (χ3v) is 4.24. The molecule has 2 aliphatic carbocycles. The van der Waals surface area contributed by atoms with E-state index in [2.05, 4.69) is 20.8 Å². The molecule has 0 aliphatic heterocycles. The Hall–Kier alpha value is 0. The Kier molecular flexibility index (Phi) is 1.19. The Morgan fingerprint density at radius 1 is 1.30 bits per heavy atom. The fourth-order valence-corrected chi connectivity index (χ4v) is 3.27. The molecule has 0 spiro atoms. The molecular weight excluding hydrogens is 120 g/mol. The van der Waals surface area contributed by atoms with Gasteiger partial charge in [0.05, 0.1) is 0 Å². The van der Waals surface area contributed by atoms with Gasteiger partial charge in [0.2, 0.25) is 0 Å². The van der Waals surface area contributed by atoms with Crippen LogP contribution in [0.15, 0.2) is 0 Å². The second kappa shape index (κ2) is 1.78. The first-order chi connectivity index (χ1) is 4.63. The minimum atomic E-state index is 0.777. The summed E-state index contributed by atoms with van der Waals surface area (Å²) >= 11 is 0. The standard InChI is InChI=1S/C10H18/c1-7-6-10(3)5-4-9(10)8(7)2/h7-9H,4-6H2,1-3H3. The smallest absolute Gasteiger partial charge is 0.0292 e. The van der Waals surface area contributed by atoms with Crippen molar-refractivity contribution < 1.29 is 0 Å². The summed E-state index contributed by atoms with van der Waals surface area (Å²) in [5.74, 6) is 3.10. The molecule has 58 valence electrons. The highest BCUT2D eigenvalue weighted by molar-refractivity contribution is 5.02. The third-order valence-electron chi connectivity index (χ3n) is 4.24. The van der Waals surface area contributed by atoms with Crippen LogP contribution in [0.25, 0.3) is 0 Å². The first-order valence-electron chi connectivity index (χ1n) is 4.63. The topological polar surface area (TPSA) is 0 Å².